The van der Waals surface area contributed by atoms with Crippen LogP contribution < -0.4 is 5.32 Å². The summed E-state index contributed by atoms with van der Waals surface area (Å²) in [5.74, 6) is 0.545. The van der Waals surface area contributed by atoms with Gasteiger partial charge in [0.1, 0.15) is 11.8 Å². The summed E-state index contributed by atoms with van der Waals surface area (Å²) in [7, 11) is 0. The molecule has 120 valence electrons. The highest BCUT2D eigenvalue weighted by Crippen LogP contribution is 2.22. The van der Waals surface area contributed by atoms with E-state index in [1.54, 1.807) is 17.1 Å². The molecule has 3 heterocycles. The number of carbonyl (C=O) groups excluding carboxylic acids is 1. The molecule has 0 aliphatic heterocycles. The molecule has 0 aliphatic carbocycles. The Balaban J connectivity index is 1.52. The fraction of sp³-hybridized carbons (Fsp3) is 0.118. The summed E-state index contributed by atoms with van der Waals surface area (Å²) in [6, 6.07) is 13.0. The maximum Gasteiger partial charge on any atom is 0.280 e. The first kappa shape index (κ1) is 14.6. The number of furan rings is 1. The van der Waals surface area contributed by atoms with Crippen molar-refractivity contribution >= 4 is 27.5 Å². The fourth-order valence-corrected chi connectivity index (χ4v) is 3.39. The van der Waals surface area contributed by atoms with Gasteiger partial charge in [-0.2, -0.15) is 5.10 Å². The molecule has 1 aromatic carbocycles. The SMILES string of the molecule is O=C(NC[C@H](c1ccco1)n1cccn1)c1nc2ccccc2s1. The van der Waals surface area contributed by atoms with Crippen molar-refractivity contribution < 1.29 is 9.21 Å². The van der Waals surface area contributed by atoms with Crippen molar-refractivity contribution in [3.8, 4) is 0 Å². The lowest BCUT2D eigenvalue weighted by Crippen LogP contribution is -2.31. The number of fused-ring (bicyclic) bond motifs is 1. The van der Waals surface area contributed by atoms with E-state index in [1.807, 2.05) is 48.7 Å². The second-order valence-corrected chi connectivity index (χ2v) is 6.24. The van der Waals surface area contributed by atoms with Crippen molar-refractivity contribution in [2.75, 3.05) is 6.54 Å². The van der Waals surface area contributed by atoms with Crippen LogP contribution in [0.15, 0.2) is 65.5 Å². The number of amides is 1. The Hall–Kier alpha value is -2.93. The Kier molecular flexibility index (Phi) is 3.84. The minimum Gasteiger partial charge on any atom is -0.467 e. The van der Waals surface area contributed by atoms with Gasteiger partial charge in [0.15, 0.2) is 5.01 Å². The number of thiazole rings is 1. The zero-order valence-electron chi connectivity index (χ0n) is 12.6. The summed E-state index contributed by atoms with van der Waals surface area (Å²) in [6.45, 7) is 0.365. The molecule has 0 aliphatic rings. The van der Waals surface area contributed by atoms with Crippen molar-refractivity contribution in [3.63, 3.8) is 0 Å². The number of carbonyl (C=O) groups is 1. The topological polar surface area (TPSA) is 73.0 Å². The van der Waals surface area contributed by atoms with Crippen LogP contribution in [0.2, 0.25) is 0 Å². The normalized spacial score (nSPS) is 12.3. The second-order valence-electron chi connectivity index (χ2n) is 5.21. The Morgan fingerprint density at radius 3 is 2.92 bits per heavy atom. The summed E-state index contributed by atoms with van der Waals surface area (Å²) in [4.78, 5) is 16.8. The van der Waals surface area contributed by atoms with Gasteiger partial charge in [0.2, 0.25) is 0 Å². The average molecular weight is 338 g/mol. The number of aromatic nitrogens is 3. The standard InChI is InChI=1S/C17H14N4O2S/c22-16(17-20-12-5-1-2-7-15(12)24-17)18-11-13(14-6-3-10-23-14)21-9-4-8-19-21/h1-10,13H,11H2,(H,18,22)/t13-/m1/s1. The second kappa shape index (κ2) is 6.29. The molecule has 0 fully saturated rings. The van der Waals surface area contributed by atoms with E-state index < -0.39 is 0 Å². The van der Waals surface area contributed by atoms with Gasteiger partial charge in [0.05, 0.1) is 16.5 Å². The zero-order valence-corrected chi connectivity index (χ0v) is 13.4. The molecule has 0 radical (unpaired) electrons. The largest absolute Gasteiger partial charge is 0.467 e. The van der Waals surface area contributed by atoms with E-state index in [4.69, 9.17) is 4.42 Å². The molecule has 0 spiro atoms. The van der Waals surface area contributed by atoms with Gasteiger partial charge in [-0.25, -0.2) is 4.98 Å². The Morgan fingerprint density at radius 2 is 2.17 bits per heavy atom. The van der Waals surface area contributed by atoms with Crippen LogP contribution in [0.25, 0.3) is 10.2 Å². The van der Waals surface area contributed by atoms with E-state index in [1.165, 1.54) is 11.3 Å². The maximum absolute atomic E-state index is 12.4. The van der Waals surface area contributed by atoms with Crippen LogP contribution in [0.4, 0.5) is 0 Å². The third-order valence-electron chi connectivity index (χ3n) is 3.66. The first-order chi connectivity index (χ1) is 11.8. The fourth-order valence-electron chi connectivity index (χ4n) is 2.50. The van der Waals surface area contributed by atoms with Crippen molar-refractivity contribution in [1.29, 1.82) is 0 Å². The van der Waals surface area contributed by atoms with Crippen LogP contribution in [0, 0.1) is 0 Å². The zero-order chi connectivity index (χ0) is 16.4. The number of hydrogen-bond acceptors (Lipinski definition) is 5. The number of nitrogens with zero attached hydrogens (tertiary/aromatic N) is 3. The highest BCUT2D eigenvalue weighted by molar-refractivity contribution is 7.20. The van der Waals surface area contributed by atoms with Crippen LogP contribution >= 0.6 is 11.3 Å². The van der Waals surface area contributed by atoms with Crippen molar-refractivity contribution in [2.24, 2.45) is 0 Å². The number of nitrogens with one attached hydrogen (secondary N) is 1. The predicted octanol–water partition coefficient (Wildman–Crippen LogP) is 3.11. The minimum absolute atomic E-state index is 0.195. The van der Waals surface area contributed by atoms with Gasteiger partial charge in [-0.05, 0) is 30.3 Å². The number of rotatable bonds is 5. The highest BCUT2D eigenvalue weighted by Gasteiger charge is 2.19. The molecule has 24 heavy (non-hydrogen) atoms. The molecular formula is C17H14N4O2S. The third-order valence-corrected chi connectivity index (χ3v) is 4.70. The van der Waals surface area contributed by atoms with Crippen LogP contribution in [-0.4, -0.2) is 27.2 Å². The first-order valence-corrected chi connectivity index (χ1v) is 8.29. The molecule has 4 rings (SSSR count). The molecule has 1 atom stereocenters. The average Bonchev–Trinajstić information content (AvgIpc) is 3.35. The lowest BCUT2D eigenvalue weighted by Gasteiger charge is -2.15. The summed E-state index contributed by atoms with van der Waals surface area (Å²) >= 11 is 1.38. The molecular weight excluding hydrogens is 324 g/mol. The molecule has 0 unspecified atom stereocenters. The molecule has 0 saturated carbocycles. The minimum atomic E-state index is -0.201. The van der Waals surface area contributed by atoms with E-state index in [0.29, 0.717) is 11.6 Å². The van der Waals surface area contributed by atoms with E-state index in [0.717, 1.165) is 16.0 Å². The molecule has 3 aromatic heterocycles. The summed E-state index contributed by atoms with van der Waals surface area (Å²) in [5, 5.41) is 7.63. The molecule has 1 N–H and O–H groups in total. The summed E-state index contributed by atoms with van der Waals surface area (Å²) in [5.41, 5.74) is 0.835. The molecule has 0 bridgehead atoms. The molecule has 0 saturated heterocycles. The Bertz CT molecular complexity index is 877. The predicted molar refractivity (Wildman–Crippen MR) is 91.0 cm³/mol. The number of benzene rings is 1. The van der Waals surface area contributed by atoms with Gasteiger partial charge in [-0.3, -0.25) is 9.48 Å². The maximum atomic E-state index is 12.4. The first-order valence-electron chi connectivity index (χ1n) is 7.47. The van der Waals surface area contributed by atoms with Gasteiger partial charge >= 0.3 is 0 Å². The molecule has 4 aromatic rings. The molecule has 7 heteroatoms. The van der Waals surface area contributed by atoms with E-state index in [2.05, 4.69) is 15.4 Å². The number of hydrogen-bond donors (Lipinski definition) is 1. The number of para-hydroxylation sites is 1. The van der Waals surface area contributed by atoms with Crippen molar-refractivity contribution in [2.45, 2.75) is 6.04 Å². The van der Waals surface area contributed by atoms with Crippen LogP contribution in [0.1, 0.15) is 21.6 Å². The van der Waals surface area contributed by atoms with Crippen molar-refractivity contribution in [1.82, 2.24) is 20.1 Å². The van der Waals surface area contributed by atoms with Crippen LogP contribution in [0.5, 0.6) is 0 Å². The van der Waals surface area contributed by atoms with Gasteiger partial charge < -0.3 is 9.73 Å². The molecule has 1 amide bonds. The molecule has 6 nitrogen and oxygen atoms in total. The smallest absolute Gasteiger partial charge is 0.280 e. The summed E-state index contributed by atoms with van der Waals surface area (Å²) in [6.07, 6.45) is 5.16. The lowest BCUT2D eigenvalue weighted by molar-refractivity contribution is 0.0948. The van der Waals surface area contributed by atoms with E-state index in [-0.39, 0.29) is 11.9 Å². The van der Waals surface area contributed by atoms with Gasteiger partial charge in [-0.15, -0.1) is 11.3 Å². The van der Waals surface area contributed by atoms with Gasteiger partial charge in [-0.1, -0.05) is 12.1 Å². The van der Waals surface area contributed by atoms with Gasteiger partial charge in [0.25, 0.3) is 5.91 Å². The van der Waals surface area contributed by atoms with E-state index >= 15 is 0 Å². The van der Waals surface area contributed by atoms with Gasteiger partial charge in [0, 0.05) is 18.9 Å². The third kappa shape index (κ3) is 2.81. The lowest BCUT2D eigenvalue weighted by atomic mass is 10.2. The van der Waals surface area contributed by atoms with Crippen LogP contribution in [-0.2, 0) is 0 Å². The van der Waals surface area contributed by atoms with Crippen molar-refractivity contribution in [3.05, 3.63) is 71.9 Å². The van der Waals surface area contributed by atoms with Crippen LogP contribution in [0.3, 0.4) is 0 Å². The Morgan fingerprint density at radius 1 is 1.25 bits per heavy atom. The van der Waals surface area contributed by atoms with E-state index in [9.17, 15) is 4.79 Å². The summed E-state index contributed by atoms with van der Waals surface area (Å²) < 4.78 is 8.24. The Labute approximate surface area is 141 Å². The quantitative estimate of drug-likeness (QED) is 0.607. The highest BCUT2D eigenvalue weighted by atomic mass is 32.1. The monoisotopic (exact) mass is 338 g/mol.